The van der Waals surface area contributed by atoms with Crippen LogP contribution in [0.4, 0.5) is 0 Å². The predicted molar refractivity (Wildman–Crippen MR) is 329 cm³/mol. The largest absolute Gasteiger partial charge is 0.454 e. The molecular weight excluding hydrogens is 991 g/mol. The molecule has 1 fully saturated rings. The second-order valence-electron chi connectivity index (χ2n) is 22.9. The van der Waals surface area contributed by atoms with Crippen molar-refractivity contribution in [2.45, 2.75) is 346 Å². The van der Waals surface area contributed by atoms with E-state index in [9.17, 15) is 35.1 Å². The van der Waals surface area contributed by atoms with Gasteiger partial charge in [0, 0.05) is 6.42 Å². The first-order valence-corrected chi connectivity index (χ1v) is 33.1. The Morgan fingerprint density at radius 1 is 0.506 bits per heavy atom. The molecule has 1 rings (SSSR count). The summed E-state index contributed by atoms with van der Waals surface area (Å²) in [4.78, 5) is 26.6. The minimum Gasteiger partial charge on any atom is -0.454 e. The third-order valence-corrected chi connectivity index (χ3v) is 15.5. The lowest BCUT2D eigenvalue weighted by atomic mass is 9.99. The Bertz CT molecular complexity index is 1510. The van der Waals surface area contributed by atoms with Gasteiger partial charge < -0.3 is 45.1 Å². The van der Waals surface area contributed by atoms with Crippen molar-refractivity contribution in [2.75, 3.05) is 13.2 Å². The van der Waals surface area contributed by atoms with Crippen LogP contribution in [0.25, 0.3) is 0 Å². The molecule has 8 unspecified atom stereocenters. The lowest BCUT2D eigenvalue weighted by Gasteiger charge is -2.41. The number of hydrogen-bond donors (Lipinski definition) is 6. The van der Waals surface area contributed by atoms with E-state index in [0.29, 0.717) is 12.8 Å². The second-order valence-corrected chi connectivity index (χ2v) is 22.9. The highest BCUT2D eigenvalue weighted by Crippen LogP contribution is 2.26. The van der Waals surface area contributed by atoms with Crippen molar-refractivity contribution in [1.82, 2.24) is 5.32 Å². The van der Waals surface area contributed by atoms with E-state index >= 15 is 0 Å². The number of esters is 1. The lowest BCUT2D eigenvalue weighted by molar-refractivity contribution is -0.305. The highest BCUT2D eigenvalue weighted by Gasteiger charge is 2.47. The molecule has 1 amide bonds. The summed E-state index contributed by atoms with van der Waals surface area (Å²) >= 11 is 0. The van der Waals surface area contributed by atoms with Gasteiger partial charge in [-0.15, -0.1) is 0 Å². The van der Waals surface area contributed by atoms with Crippen molar-refractivity contribution < 1.29 is 49.3 Å². The monoisotopic (exact) mass is 1110 g/mol. The number of ether oxygens (including phenoxy) is 3. The van der Waals surface area contributed by atoms with E-state index in [1.165, 1.54) is 180 Å². The number of hydrogen-bond acceptors (Lipinski definition) is 10. The van der Waals surface area contributed by atoms with Crippen LogP contribution in [0.15, 0.2) is 60.8 Å². The summed E-state index contributed by atoms with van der Waals surface area (Å²) in [6, 6.07) is -1.04. The van der Waals surface area contributed by atoms with Crippen LogP contribution in [-0.2, 0) is 23.8 Å². The number of carbonyl (C=O) groups excluding carboxylic acids is 2. The highest BCUT2D eigenvalue weighted by molar-refractivity contribution is 5.80. The van der Waals surface area contributed by atoms with E-state index in [0.717, 1.165) is 70.6 Å². The molecule has 8 atom stereocenters. The molecule has 79 heavy (non-hydrogen) atoms. The van der Waals surface area contributed by atoms with Crippen LogP contribution in [0.2, 0.25) is 0 Å². The van der Waals surface area contributed by atoms with Gasteiger partial charge in [-0.25, -0.2) is 0 Å². The summed E-state index contributed by atoms with van der Waals surface area (Å²) < 4.78 is 17.7. The summed E-state index contributed by atoms with van der Waals surface area (Å²) in [5.74, 6) is -1.21. The van der Waals surface area contributed by atoms with Crippen molar-refractivity contribution in [2.24, 2.45) is 0 Å². The summed E-state index contributed by atoms with van der Waals surface area (Å²) in [5, 5.41) is 57.0. The smallest absolute Gasteiger partial charge is 0.306 e. The SMILES string of the molecule is CC/C=C/C=C/C=C/C=C\CCCCCCC(O)C(=O)NC(COC1OC(CO)C(O)C(O)C1OC(=O)CCCCCCCCCCCCCCCCCCCCCCCCC)C(O)/C=C/CCCCCCCCCCCCC. The van der Waals surface area contributed by atoms with Crippen molar-refractivity contribution >= 4 is 11.9 Å². The van der Waals surface area contributed by atoms with Gasteiger partial charge in [0.25, 0.3) is 0 Å². The van der Waals surface area contributed by atoms with Crippen LogP contribution in [-0.4, -0.2) is 99.6 Å². The molecule has 1 saturated heterocycles. The zero-order valence-electron chi connectivity index (χ0n) is 51.0. The molecule has 1 heterocycles. The molecule has 6 N–H and O–H groups in total. The predicted octanol–water partition coefficient (Wildman–Crippen LogP) is 16.2. The Kier molecular flexibility index (Phi) is 52.6. The molecule has 11 heteroatoms. The van der Waals surface area contributed by atoms with E-state index < -0.39 is 67.4 Å². The summed E-state index contributed by atoms with van der Waals surface area (Å²) in [6.07, 6.45) is 59.8. The minimum atomic E-state index is -1.62. The summed E-state index contributed by atoms with van der Waals surface area (Å²) in [7, 11) is 0. The van der Waals surface area contributed by atoms with Gasteiger partial charge in [-0.05, 0) is 44.9 Å². The third-order valence-electron chi connectivity index (χ3n) is 15.5. The molecule has 0 aliphatic carbocycles. The van der Waals surface area contributed by atoms with Gasteiger partial charge in [0.15, 0.2) is 12.4 Å². The molecule has 11 nitrogen and oxygen atoms in total. The van der Waals surface area contributed by atoms with E-state index in [2.05, 4.69) is 38.2 Å². The molecule has 0 bridgehead atoms. The number of rotatable bonds is 56. The lowest BCUT2D eigenvalue weighted by Crippen LogP contribution is -2.61. The fraction of sp³-hybridized carbons (Fsp3) is 0.824. The van der Waals surface area contributed by atoms with Gasteiger partial charge >= 0.3 is 5.97 Å². The molecule has 0 aromatic heterocycles. The maximum atomic E-state index is 13.4. The van der Waals surface area contributed by atoms with Gasteiger partial charge in [-0.1, -0.05) is 306 Å². The zero-order valence-corrected chi connectivity index (χ0v) is 51.0. The van der Waals surface area contributed by atoms with E-state index in [1.54, 1.807) is 6.08 Å². The first-order chi connectivity index (χ1) is 38.7. The average Bonchev–Trinajstić information content (AvgIpc) is 3.49. The first kappa shape index (κ1) is 74.4. The highest BCUT2D eigenvalue weighted by atomic mass is 16.7. The standard InChI is InChI=1S/C68H123NO10/c1-4-7-10-13-16-19-22-25-27-28-29-30-31-32-33-34-35-38-41-44-47-50-53-56-63(73)79-66-65(75)64(74)62(57-70)78-68(66)77-58-59(60(71)54-51-48-45-42-39-36-24-21-18-15-12-9-6-3)69-67(76)61(72)55-52-49-46-43-40-37-26-23-20-17-14-11-8-5-2/h8,11,14,17,20,23,26,37,51,54,59-62,64-66,68,70-72,74-75H,4-7,9-10,12-13,15-16,18-19,21-22,24-25,27-36,38-50,52-53,55-58H2,1-3H3,(H,69,76)/b11-8+,17-14+,23-20+,37-26-,54-51+. The average molecular weight is 1110 g/mol. The normalized spacial score (nSPS) is 19.2. The maximum absolute atomic E-state index is 13.4. The van der Waals surface area contributed by atoms with Crippen molar-refractivity contribution in [3.05, 3.63) is 60.8 Å². The number of aliphatic hydroxyl groups excluding tert-OH is 5. The van der Waals surface area contributed by atoms with Crippen molar-refractivity contribution in [3.8, 4) is 0 Å². The number of aliphatic hydroxyl groups is 5. The quantitative estimate of drug-likeness (QED) is 0.0149. The first-order valence-electron chi connectivity index (χ1n) is 33.1. The number of nitrogens with one attached hydrogen (secondary N) is 1. The molecule has 1 aliphatic heterocycles. The zero-order chi connectivity index (χ0) is 57.5. The van der Waals surface area contributed by atoms with Gasteiger partial charge in [0.2, 0.25) is 5.91 Å². The van der Waals surface area contributed by atoms with Crippen LogP contribution in [0.5, 0.6) is 0 Å². The van der Waals surface area contributed by atoms with Crippen molar-refractivity contribution in [3.63, 3.8) is 0 Å². The summed E-state index contributed by atoms with van der Waals surface area (Å²) in [5.41, 5.74) is 0. The fourth-order valence-corrected chi connectivity index (χ4v) is 10.3. The number of amides is 1. The summed E-state index contributed by atoms with van der Waals surface area (Å²) in [6.45, 7) is 5.66. The number of unbranched alkanes of at least 4 members (excludes halogenated alkanes) is 37. The van der Waals surface area contributed by atoms with E-state index in [-0.39, 0.29) is 19.4 Å². The van der Waals surface area contributed by atoms with Crippen LogP contribution in [0.1, 0.15) is 297 Å². The molecule has 0 aromatic carbocycles. The molecular formula is C68H123NO10. The molecule has 0 saturated carbocycles. The van der Waals surface area contributed by atoms with Crippen LogP contribution in [0.3, 0.4) is 0 Å². The third kappa shape index (κ3) is 43.7. The molecule has 1 aliphatic rings. The second kappa shape index (κ2) is 55.9. The fourth-order valence-electron chi connectivity index (χ4n) is 10.3. The van der Waals surface area contributed by atoms with Gasteiger partial charge in [0.1, 0.15) is 24.4 Å². The minimum absolute atomic E-state index is 0.123. The Hall–Kier alpha value is -2.64. The van der Waals surface area contributed by atoms with Crippen LogP contribution >= 0.6 is 0 Å². The van der Waals surface area contributed by atoms with E-state index in [4.69, 9.17) is 14.2 Å². The molecule has 0 aromatic rings. The number of allylic oxidation sites excluding steroid dienone is 9. The van der Waals surface area contributed by atoms with Gasteiger partial charge in [-0.2, -0.15) is 0 Å². The van der Waals surface area contributed by atoms with E-state index in [1.807, 2.05) is 42.5 Å². The molecule has 0 radical (unpaired) electrons. The van der Waals surface area contributed by atoms with Gasteiger partial charge in [-0.3, -0.25) is 9.59 Å². The van der Waals surface area contributed by atoms with Crippen LogP contribution < -0.4 is 5.32 Å². The van der Waals surface area contributed by atoms with Crippen LogP contribution in [0, 0.1) is 0 Å². The number of carbonyl (C=O) groups is 2. The Morgan fingerprint density at radius 3 is 1.37 bits per heavy atom. The Labute approximate surface area is 484 Å². The Morgan fingerprint density at radius 2 is 0.911 bits per heavy atom. The maximum Gasteiger partial charge on any atom is 0.306 e. The molecule has 460 valence electrons. The molecule has 0 spiro atoms. The Balaban J connectivity index is 2.61. The van der Waals surface area contributed by atoms with Crippen molar-refractivity contribution in [1.29, 1.82) is 0 Å². The van der Waals surface area contributed by atoms with Gasteiger partial charge in [0.05, 0.1) is 25.4 Å². The topological polar surface area (TPSA) is 175 Å².